The lowest BCUT2D eigenvalue weighted by Crippen LogP contribution is -2.35. The van der Waals surface area contributed by atoms with E-state index in [1.807, 2.05) is 0 Å². The molecule has 0 aromatic heterocycles. The number of ketones is 1. The lowest BCUT2D eigenvalue weighted by atomic mass is 9.68. The maximum Gasteiger partial charge on any atom is 0.316 e. The SMILES string of the molecule is CCCC[C@H]1CC[C@H](C2CCC(C(=O)OCC)C(=O)C2)CC1. The molecule has 2 aliphatic rings. The standard InChI is InChI=1S/C19H32O3/c1-3-5-6-14-7-9-15(10-8-14)16-11-12-17(18(20)13-16)19(21)22-4-2/h14-17H,3-13H2,1-2H3/t14-,15-,16?,17?. The Morgan fingerprint density at radius 2 is 1.73 bits per heavy atom. The third kappa shape index (κ3) is 4.57. The van der Waals surface area contributed by atoms with Crippen LogP contribution in [0.2, 0.25) is 0 Å². The Morgan fingerprint density at radius 1 is 1.05 bits per heavy atom. The van der Waals surface area contributed by atoms with Gasteiger partial charge in [-0.1, -0.05) is 39.0 Å². The molecular weight excluding hydrogens is 276 g/mol. The van der Waals surface area contributed by atoms with Crippen molar-refractivity contribution in [3.05, 3.63) is 0 Å². The van der Waals surface area contributed by atoms with Crippen LogP contribution in [0.25, 0.3) is 0 Å². The fourth-order valence-electron chi connectivity index (χ4n) is 4.38. The molecule has 0 spiro atoms. The Balaban J connectivity index is 1.77. The molecule has 2 saturated carbocycles. The molecular formula is C19H32O3. The van der Waals surface area contributed by atoms with Gasteiger partial charge in [-0.15, -0.1) is 0 Å². The van der Waals surface area contributed by atoms with E-state index in [4.69, 9.17) is 4.74 Å². The largest absolute Gasteiger partial charge is 0.465 e. The lowest BCUT2D eigenvalue weighted by Gasteiger charge is -2.36. The molecule has 2 fully saturated rings. The fourth-order valence-corrected chi connectivity index (χ4v) is 4.38. The van der Waals surface area contributed by atoms with Crippen molar-refractivity contribution < 1.29 is 14.3 Å². The van der Waals surface area contributed by atoms with Crippen LogP contribution >= 0.6 is 0 Å². The molecule has 0 radical (unpaired) electrons. The summed E-state index contributed by atoms with van der Waals surface area (Å²) in [5.74, 6) is 1.51. The molecule has 0 heterocycles. The van der Waals surface area contributed by atoms with Crippen LogP contribution in [0.15, 0.2) is 0 Å². The summed E-state index contributed by atoms with van der Waals surface area (Å²) < 4.78 is 5.02. The Morgan fingerprint density at radius 3 is 2.32 bits per heavy atom. The molecule has 2 atom stereocenters. The van der Waals surface area contributed by atoms with Crippen LogP contribution in [-0.4, -0.2) is 18.4 Å². The van der Waals surface area contributed by atoms with E-state index < -0.39 is 5.92 Å². The minimum absolute atomic E-state index is 0.128. The van der Waals surface area contributed by atoms with Crippen molar-refractivity contribution in [3.8, 4) is 0 Å². The van der Waals surface area contributed by atoms with Crippen LogP contribution < -0.4 is 0 Å². The number of carbonyl (C=O) groups excluding carboxylic acids is 2. The van der Waals surface area contributed by atoms with Crippen molar-refractivity contribution in [1.29, 1.82) is 0 Å². The molecule has 0 aromatic rings. The molecule has 0 aliphatic heterocycles. The highest BCUT2D eigenvalue weighted by Crippen LogP contribution is 2.41. The van der Waals surface area contributed by atoms with E-state index >= 15 is 0 Å². The summed E-state index contributed by atoms with van der Waals surface area (Å²) in [5.41, 5.74) is 0. The zero-order chi connectivity index (χ0) is 15.9. The van der Waals surface area contributed by atoms with Crippen molar-refractivity contribution >= 4 is 11.8 Å². The van der Waals surface area contributed by atoms with E-state index in [2.05, 4.69) is 6.92 Å². The third-order valence-corrected chi connectivity index (χ3v) is 5.77. The number of hydrogen-bond acceptors (Lipinski definition) is 3. The van der Waals surface area contributed by atoms with E-state index in [0.717, 1.165) is 12.3 Å². The Hall–Kier alpha value is -0.860. The highest BCUT2D eigenvalue weighted by Gasteiger charge is 2.38. The summed E-state index contributed by atoms with van der Waals surface area (Å²) in [4.78, 5) is 24.1. The fraction of sp³-hybridized carbons (Fsp3) is 0.895. The van der Waals surface area contributed by atoms with Crippen LogP contribution in [0.1, 0.15) is 78.1 Å². The van der Waals surface area contributed by atoms with Crippen LogP contribution in [0, 0.1) is 23.7 Å². The number of esters is 1. The second-order valence-electron chi connectivity index (χ2n) is 7.24. The average Bonchev–Trinajstić information content (AvgIpc) is 2.53. The van der Waals surface area contributed by atoms with Gasteiger partial charge in [0.15, 0.2) is 0 Å². The summed E-state index contributed by atoms with van der Waals surface area (Å²) in [6, 6.07) is 0. The first-order chi connectivity index (χ1) is 10.7. The van der Waals surface area contributed by atoms with Gasteiger partial charge in [-0.25, -0.2) is 0 Å². The van der Waals surface area contributed by atoms with Gasteiger partial charge in [0.25, 0.3) is 0 Å². The number of Topliss-reactive ketones (excluding diaryl/α,β-unsaturated/α-hetero) is 1. The van der Waals surface area contributed by atoms with Crippen LogP contribution in [0.5, 0.6) is 0 Å². The molecule has 3 nitrogen and oxygen atoms in total. The number of ether oxygens (including phenoxy) is 1. The molecule has 2 unspecified atom stereocenters. The molecule has 2 aliphatic carbocycles. The zero-order valence-electron chi connectivity index (χ0n) is 14.3. The van der Waals surface area contributed by atoms with Gasteiger partial charge in [-0.2, -0.15) is 0 Å². The molecule has 126 valence electrons. The first-order valence-corrected chi connectivity index (χ1v) is 9.35. The predicted molar refractivity (Wildman–Crippen MR) is 87.4 cm³/mol. The van der Waals surface area contributed by atoms with Gasteiger partial charge in [0.1, 0.15) is 11.7 Å². The average molecular weight is 308 g/mol. The van der Waals surface area contributed by atoms with E-state index in [-0.39, 0.29) is 11.8 Å². The van der Waals surface area contributed by atoms with Gasteiger partial charge in [-0.05, 0) is 50.4 Å². The van der Waals surface area contributed by atoms with Crippen LogP contribution in [-0.2, 0) is 14.3 Å². The van der Waals surface area contributed by atoms with Crippen molar-refractivity contribution in [2.24, 2.45) is 23.7 Å². The molecule has 22 heavy (non-hydrogen) atoms. The predicted octanol–water partition coefficient (Wildman–Crippen LogP) is 4.53. The van der Waals surface area contributed by atoms with Crippen molar-refractivity contribution in [3.63, 3.8) is 0 Å². The highest BCUT2D eigenvalue weighted by molar-refractivity contribution is 5.99. The molecule has 0 N–H and O–H groups in total. The van der Waals surface area contributed by atoms with Crippen LogP contribution in [0.3, 0.4) is 0 Å². The topological polar surface area (TPSA) is 43.4 Å². The highest BCUT2D eigenvalue weighted by atomic mass is 16.5. The maximum absolute atomic E-state index is 12.3. The normalized spacial score (nSPS) is 32.7. The van der Waals surface area contributed by atoms with E-state index in [1.165, 1.54) is 44.9 Å². The number of unbranched alkanes of at least 4 members (excludes halogenated alkanes) is 1. The van der Waals surface area contributed by atoms with E-state index in [9.17, 15) is 9.59 Å². The second kappa shape index (κ2) is 8.69. The van der Waals surface area contributed by atoms with Crippen molar-refractivity contribution in [2.75, 3.05) is 6.61 Å². The zero-order valence-corrected chi connectivity index (χ0v) is 14.3. The maximum atomic E-state index is 12.3. The summed E-state index contributed by atoms with van der Waals surface area (Å²) in [5, 5.41) is 0. The van der Waals surface area contributed by atoms with Gasteiger partial charge in [0, 0.05) is 6.42 Å². The van der Waals surface area contributed by atoms with Gasteiger partial charge in [0.2, 0.25) is 0 Å². The summed E-state index contributed by atoms with van der Waals surface area (Å²) in [7, 11) is 0. The first kappa shape index (κ1) is 17.5. The summed E-state index contributed by atoms with van der Waals surface area (Å²) >= 11 is 0. The number of carbonyl (C=O) groups is 2. The van der Waals surface area contributed by atoms with Gasteiger partial charge in [-0.3, -0.25) is 9.59 Å². The summed E-state index contributed by atoms with van der Waals surface area (Å²) in [6.45, 7) is 4.43. The van der Waals surface area contributed by atoms with E-state index in [0.29, 0.717) is 31.3 Å². The van der Waals surface area contributed by atoms with E-state index in [1.54, 1.807) is 6.92 Å². The van der Waals surface area contributed by atoms with Gasteiger partial charge < -0.3 is 4.74 Å². The number of rotatable bonds is 6. The molecule has 0 saturated heterocycles. The number of hydrogen-bond donors (Lipinski definition) is 0. The first-order valence-electron chi connectivity index (χ1n) is 9.35. The Bertz CT molecular complexity index is 369. The molecule has 0 amide bonds. The lowest BCUT2D eigenvalue weighted by molar-refractivity contribution is -0.153. The second-order valence-corrected chi connectivity index (χ2v) is 7.24. The minimum Gasteiger partial charge on any atom is -0.465 e. The van der Waals surface area contributed by atoms with Crippen molar-refractivity contribution in [1.82, 2.24) is 0 Å². The smallest absolute Gasteiger partial charge is 0.316 e. The van der Waals surface area contributed by atoms with Crippen molar-refractivity contribution in [2.45, 2.75) is 78.1 Å². The minimum atomic E-state index is -0.475. The molecule has 2 rings (SSSR count). The third-order valence-electron chi connectivity index (χ3n) is 5.77. The Labute approximate surface area is 135 Å². The monoisotopic (exact) mass is 308 g/mol. The molecule has 3 heteroatoms. The van der Waals surface area contributed by atoms with Crippen LogP contribution in [0.4, 0.5) is 0 Å². The molecule has 0 aromatic carbocycles. The molecule has 0 bridgehead atoms. The van der Waals surface area contributed by atoms with Gasteiger partial charge in [0.05, 0.1) is 6.61 Å². The summed E-state index contributed by atoms with van der Waals surface area (Å²) in [6.07, 6.45) is 11.6. The quantitative estimate of drug-likeness (QED) is 0.535. The Kier molecular flexibility index (Phi) is 6.91. The van der Waals surface area contributed by atoms with Gasteiger partial charge >= 0.3 is 5.97 Å².